The van der Waals surface area contributed by atoms with Gasteiger partial charge in [0.2, 0.25) is 0 Å². The zero-order valence-corrected chi connectivity index (χ0v) is 17.9. The van der Waals surface area contributed by atoms with Crippen molar-refractivity contribution in [3.63, 3.8) is 0 Å². The Balaban J connectivity index is 0. The Labute approximate surface area is 153 Å². The standard InChI is InChI=1S/C14H25N.C4H11N.C2H6.C2H4/c1-10(2)8-14(4)6-5-12-7-11(3)15-13(12)9-14;1-3-4(2)5;2*1-2/h5,10-11,13,15H,6-9H2,1-4H3;4H,3,5H2,1-2H3;1-2H3;1-2H2. The Morgan fingerprint density at radius 2 is 1.79 bits per heavy atom. The van der Waals surface area contributed by atoms with Gasteiger partial charge in [0.1, 0.15) is 0 Å². The first kappa shape index (κ1) is 25.6. The van der Waals surface area contributed by atoms with E-state index in [1.54, 1.807) is 5.57 Å². The third-order valence-corrected chi connectivity index (χ3v) is 4.57. The smallest absolute Gasteiger partial charge is 0.0287 e. The average molecular weight is 339 g/mol. The summed E-state index contributed by atoms with van der Waals surface area (Å²) < 4.78 is 0. The number of nitrogens with one attached hydrogen (secondary N) is 1. The largest absolute Gasteiger partial charge is 0.328 e. The van der Waals surface area contributed by atoms with Gasteiger partial charge in [0.25, 0.3) is 0 Å². The van der Waals surface area contributed by atoms with Crippen molar-refractivity contribution in [1.29, 1.82) is 0 Å². The van der Waals surface area contributed by atoms with Crippen molar-refractivity contribution in [2.45, 2.75) is 106 Å². The molecule has 4 unspecified atom stereocenters. The highest BCUT2D eigenvalue weighted by atomic mass is 15.0. The molecule has 0 aromatic carbocycles. The van der Waals surface area contributed by atoms with E-state index in [0.29, 0.717) is 23.5 Å². The van der Waals surface area contributed by atoms with E-state index >= 15 is 0 Å². The molecular formula is C22H46N2. The molecule has 3 N–H and O–H groups in total. The predicted molar refractivity (Wildman–Crippen MR) is 112 cm³/mol. The van der Waals surface area contributed by atoms with Gasteiger partial charge in [-0.2, -0.15) is 0 Å². The highest BCUT2D eigenvalue weighted by Crippen LogP contribution is 2.43. The molecule has 0 amide bonds. The van der Waals surface area contributed by atoms with Crippen molar-refractivity contribution >= 4 is 0 Å². The van der Waals surface area contributed by atoms with Crippen molar-refractivity contribution in [2.24, 2.45) is 17.1 Å². The fraction of sp³-hybridized carbons (Fsp3) is 0.818. The summed E-state index contributed by atoms with van der Waals surface area (Å²) in [6, 6.07) is 1.77. The lowest BCUT2D eigenvalue weighted by Crippen LogP contribution is -2.36. The van der Waals surface area contributed by atoms with Gasteiger partial charge >= 0.3 is 0 Å². The molecule has 2 nitrogen and oxygen atoms in total. The molecule has 0 bridgehead atoms. The minimum absolute atomic E-state index is 0.384. The molecule has 0 saturated carbocycles. The van der Waals surface area contributed by atoms with Crippen LogP contribution in [0.25, 0.3) is 0 Å². The van der Waals surface area contributed by atoms with Crippen molar-refractivity contribution in [3.8, 4) is 0 Å². The molecule has 1 heterocycles. The van der Waals surface area contributed by atoms with Gasteiger partial charge in [0.15, 0.2) is 0 Å². The number of nitrogens with two attached hydrogens (primary N) is 1. The van der Waals surface area contributed by atoms with E-state index in [9.17, 15) is 0 Å². The first-order valence-electron chi connectivity index (χ1n) is 9.96. The number of allylic oxidation sites excluding steroid dienone is 1. The van der Waals surface area contributed by atoms with Crippen LogP contribution in [-0.2, 0) is 0 Å². The summed E-state index contributed by atoms with van der Waals surface area (Å²) >= 11 is 0. The Kier molecular flexibility index (Phi) is 14.6. The molecule has 2 rings (SSSR count). The maximum atomic E-state index is 5.29. The summed E-state index contributed by atoms with van der Waals surface area (Å²) in [7, 11) is 0. The van der Waals surface area contributed by atoms with E-state index in [1.165, 1.54) is 25.7 Å². The topological polar surface area (TPSA) is 38.0 Å². The van der Waals surface area contributed by atoms with Crippen LogP contribution in [0.2, 0.25) is 0 Å². The third kappa shape index (κ3) is 10.3. The minimum atomic E-state index is 0.384. The van der Waals surface area contributed by atoms with E-state index in [-0.39, 0.29) is 0 Å². The van der Waals surface area contributed by atoms with E-state index in [1.807, 2.05) is 20.8 Å². The summed E-state index contributed by atoms with van der Waals surface area (Å²) in [5, 5.41) is 3.72. The van der Waals surface area contributed by atoms with Gasteiger partial charge in [-0.15, -0.1) is 13.2 Å². The SMILES string of the molecule is C=C.CC.CC(C)CC1(C)CC=C2CC(C)NC2C1.CCC(C)N. The Morgan fingerprint density at radius 3 is 2.21 bits per heavy atom. The van der Waals surface area contributed by atoms with Crippen molar-refractivity contribution < 1.29 is 0 Å². The van der Waals surface area contributed by atoms with Gasteiger partial charge in [0, 0.05) is 18.1 Å². The zero-order valence-electron chi connectivity index (χ0n) is 17.9. The third-order valence-electron chi connectivity index (χ3n) is 4.57. The number of hydrogen-bond donors (Lipinski definition) is 2. The summed E-state index contributed by atoms with van der Waals surface area (Å²) in [4.78, 5) is 0. The second-order valence-electron chi connectivity index (χ2n) is 7.81. The Bertz CT molecular complexity index is 333. The minimum Gasteiger partial charge on any atom is -0.328 e. The Hall–Kier alpha value is -0.600. The second kappa shape index (κ2) is 13.7. The van der Waals surface area contributed by atoms with E-state index < -0.39 is 0 Å². The van der Waals surface area contributed by atoms with Gasteiger partial charge in [-0.3, -0.25) is 0 Å². The number of rotatable bonds is 3. The zero-order chi connectivity index (χ0) is 19.3. The van der Waals surface area contributed by atoms with Crippen LogP contribution >= 0.6 is 0 Å². The van der Waals surface area contributed by atoms with Gasteiger partial charge < -0.3 is 11.1 Å². The van der Waals surface area contributed by atoms with Gasteiger partial charge in [-0.05, 0) is 57.3 Å². The fourth-order valence-corrected chi connectivity index (χ4v) is 3.53. The van der Waals surface area contributed by atoms with Gasteiger partial charge in [-0.25, -0.2) is 0 Å². The predicted octanol–water partition coefficient (Wildman–Crippen LogP) is 6.08. The van der Waals surface area contributed by atoms with Crippen LogP contribution in [-0.4, -0.2) is 18.1 Å². The maximum Gasteiger partial charge on any atom is 0.0287 e. The molecular weight excluding hydrogens is 292 g/mol. The van der Waals surface area contributed by atoms with E-state index in [2.05, 4.69) is 59.2 Å². The fourth-order valence-electron chi connectivity index (χ4n) is 3.53. The monoisotopic (exact) mass is 338 g/mol. The van der Waals surface area contributed by atoms with Crippen LogP contribution in [0.3, 0.4) is 0 Å². The molecule has 144 valence electrons. The normalized spacial score (nSPS) is 28.8. The lowest BCUT2D eigenvalue weighted by atomic mass is 9.70. The molecule has 0 aromatic rings. The highest BCUT2D eigenvalue weighted by Gasteiger charge is 2.37. The average Bonchev–Trinajstić information content (AvgIpc) is 2.89. The van der Waals surface area contributed by atoms with Crippen LogP contribution < -0.4 is 11.1 Å². The summed E-state index contributed by atoms with van der Waals surface area (Å²) in [5.41, 5.74) is 7.52. The molecule has 24 heavy (non-hydrogen) atoms. The lowest BCUT2D eigenvalue weighted by molar-refractivity contribution is 0.211. The lowest BCUT2D eigenvalue weighted by Gasteiger charge is -2.37. The van der Waals surface area contributed by atoms with Crippen molar-refractivity contribution in [1.82, 2.24) is 5.32 Å². The van der Waals surface area contributed by atoms with Gasteiger partial charge in [0.05, 0.1) is 0 Å². The molecule has 1 aliphatic carbocycles. The molecule has 1 saturated heterocycles. The second-order valence-corrected chi connectivity index (χ2v) is 7.81. The van der Waals surface area contributed by atoms with Crippen LogP contribution in [0, 0.1) is 11.3 Å². The quantitative estimate of drug-likeness (QED) is 0.612. The molecule has 1 fully saturated rings. The summed E-state index contributed by atoms with van der Waals surface area (Å²) in [6.45, 7) is 23.5. The number of fused-ring (bicyclic) bond motifs is 1. The van der Waals surface area contributed by atoms with Crippen molar-refractivity contribution in [3.05, 3.63) is 24.8 Å². The van der Waals surface area contributed by atoms with Crippen LogP contribution in [0.4, 0.5) is 0 Å². The first-order chi connectivity index (χ1) is 11.3. The van der Waals surface area contributed by atoms with Crippen LogP contribution in [0.5, 0.6) is 0 Å². The Morgan fingerprint density at radius 1 is 1.29 bits per heavy atom. The molecule has 1 aliphatic heterocycles. The van der Waals surface area contributed by atoms with Crippen molar-refractivity contribution in [2.75, 3.05) is 0 Å². The summed E-state index contributed by atoms with van der Waals surface area (Å²) in [6.07, 6.45) is 8.89. The molecule has 0 spiro atoms. The van der Waals surface area contributed by atoms with Crippen LogP contribution in [0.15, 0.2) is 24.8 Å². The van der Waals surface area contributed by atoms with Crippen LogP contribution in [0.1, 0.15) is 87.5 Å². The molecule has 2 heteroatoms. The molecule has 4 atom stereocenters. The summed E-state index contributed by atoms with van der Waals surface area (Å²) in [5.74, 6) is 0.823. The van der Waals surface area contributed by atoms with Gasteiger partial charge in [-0.1, -0.05) is 53.2 Å². The van der Waals surface area contributed by atoms with E-state index in [4.69, 9.17) is 5.73 Å². The molecule has 0 aromatic heterocycles. The molecule has 0 radical (unpaired) electrons. The van der Waals surface area contributed by atoms with E-state index in [0.717, 1.165) is 12.3 Å². The highest BCUT2D eigenvalue weighted by molar-refractivity contribution is 5.22. The maximum absolute atomic E-state index is 5.29. The molecule has 2 aliphatic rings. The first-order valence-corrected chi connectivity index (χ1v) is 9.96. The number of hydrogen-bond acceptors (Lipinski definition) is 2.